The van der Waals surface area contributed by atoms with E-state index in [4.69, 9.17) is 31.5 Å². The Kier molecular flexibility index (Phi) is 10.1. The first-order chi connectivity index (χ1) is 14.1. The standard InChI is InChI=1S/C24H41ClN2O4/c1-22(2,3)31-21(28)27(8)14-23(4,5)15-30-17-24(6,7)16-29-10-9-18-11-19(25)13-20(26)12-18/h11-13H,9-10,14-17,26H2,1-8H3. The molecule has 0 fully saturated rings. The molecular weight excluding hydrogens is 416 g/mol. The molecule has 7 heteroatoms. The van der Waals surface area contributed by atoms with Crippen molar-refractivity contribution in [3.8, 4) is 0 Å². The summed E-state index contributed by atoms with van der Waals surface area (Å²) in [5.41, 5.74) is 6.73. The highest BCUT2D eigenvalue weighted by Crippen LogP contribution is 2.22. The molecule has 31 heavy (non-hydrogen) atoms. The van der Waals surface area contributed by atoms with Crippen LogP contribution in [0.2, 0.25) is 5.02 Å². The molecule has 0 unspecified atom stereocenters. The number of anilines is 1. The number of rotatable bonds is 11. The summed E-state index contributed by atoms with van der Waals surface area (Å²) < 4.78 is 17.3. The van der Waals surface area contributed by atoms with Gasteiger partial charge >= 0.3 is 6.09 Å². The molecule has 0 saturated carbocycles. The molecule has 0 saturated heterocycles. The Balaban J connectivity index is 2.35. The van der Waals surface area contributed by atoms with Crippen molar-refractivity contribution in [2.45, 2.75) is 60.5 Å². The molecule has 0 aliphatic heterocycles. The highest BCUT2D eigenvalue weighted by Gasteiger charge is 2.27. The lowest BCUT2D eigenvalue weighted by molar-refractivity contribution is -0.0318. The number of benzene rings is 1. The number of nitrogen functional groups attached to an aromatic ring is 1. The normalized spacial score (nSPS) is 12.7. The third-order valence-electron chi connectivity index (χ3n) is 4.36. The number of nitrogens with two attached hydrogens (primary N) is 1. The van der Waals surface area contributed by atoms with Crippen molar-refractivity contribution in [2.24, 2.45) is 10.8 Å². The van der Waals surface area contributed by atoms with E-state index < -0.39 is 5.60 Å². The fourth-order valence-corrected chi connectivity index (χ4v) is 3.36. The van der Waals surface area contributed by atoms with Gasteiger partial charge in [-0.1, -0.05) is 39.3 Å². The van der Waals surface area contributed by atoms with Crippen LogP contribution in [0.5, 0.6) is 0 Å². The average Bonchev–Trinajstić information content (AvgIpc) is 2.55. The van der Waals surface area contributed by atoms with Crippen LogP contribution in [-0.2, 0) is 20.6 Å². The van der Waals surface area contributed by atoms with Gasteiger partial charge in [-0.15, -0.1) is 0 Å². The van der Waals surface area contributed by atoms with Crippen molar-refractivity contribution >= 4 is 23.4 Å². The maximum atomic E-state index is 12.2. The van der Waals surface area contributed by atoms with Crippen LogP contribution in [0, 0.1) is 10.8 Å². The van der Waals surface area contributed by atoms with Crippen LogP contribution in [0.4, 0.5) is 10.5 Å². The number of carbonyl (C=O) groups excluding carboxylic acids is 1. The highest BCUT2D eigenvalue weighted by atomic mass is 35.5. The molecule has 0 spiro atoms. The monoisotopic (exact) mass is 456 g/mol. The average molecular weight is 457 g/mol. The van der Waals surface area contributed by atoms with Gasteiger partial charge in [0, 0.05) is 35.1 Å². The Morgan fingerprint density at radius 3 is 2.13 bits per heavy atom. The molecule has 0 bridgehead atoms. The zero-order valence-corrected chi connectivity index (χ0v) is 21.3. The minimum atomic E-state index is -0.505. The van der Waals surface area contributed by atoms with Gasteiger partial charge in [-0.25, -0.2) is 4.79 Å². The second kappa shape index (κ2) is 11.4. The summed E-state index contributed by atoms with van der Waals surface area (Å²) in [4.78, 5) is 13.8. The Morgan fingerprint density at radius 1 is 0.968 bits per heavy atom. The maximum absolute atomic E-state index is 12.2. The minimum Gasteiger partial charge on any atom is -0.444 e. The Labute approximate surface area is 193 Å². The zero-order chi connectivity index (χ0) is 23.9. The van der Waals surface area contributed by atoms with Crippen LogP contribution >= 0.6 is 11.6 Å². The van der Waals surface area contributed by atoms with Gasteiger partial charge in [0.25, 0.3) is 0 Å². The van der Waals surface area contributed by atoms with E-state index in [9.17, 15) is 4.79 Å². The van der Waals surface area contributed by atoms with Crippen molar-refractivity contribution in [1.82, 2.24) is 4.90 Å². The fraction of sp³-hybridized carbons (Fsp3) is 0.708. The Morgan fingerprint density at radius 2 is 1.55 bits per heavy atom. The third kappa shape index (κ3) is 12.2. The number of halogens is 1. The molecular formula is C24H41ClN2O4. The fourth-order valence-electron chi connectivity index (χ4n) is 3.10. The van der Waals surface area contributed by atoms with Gasteiger partial charge in [0.15, 0.2) is 0 Å². The van der Waals surface area contributed by atoms with Crippen LogP contribution in [0.3, 0.4) is 0 Å². The summed E-state index contributed by atoms with van der Waals surface area (Å²) in [6.07, 6.45) is 0.432. The smallest absolute Gasteiger partial charge is 0.410 e. The lowest BCUT2D eigenvalue weighted by Gasteiger charge is -2.33. The molecule has 1 aromatic rings. The van der Waals surface area contributed by atoms with Gasteiger partial charge in [0.05, 0.1) is 26.4 Å². The molecule has 0 radical (unpaired) electrons. The number of nitrogens with zero attached hydrogens (tertiary/aromatic N) is 1. The minimum absolute atomic E-state index is 0.124. The number of carbonyl (C=O) groups is 1. The summed E-state index contributed by atoms with van der Waals surface area (Å²) >= 11 is 6.04. The van der Waals surface area contributed by atoms with Crippen molar-refractivity contribution in [3.63, 3.8) is 0 Å². The number of hydrogen-bond donors (Lipinski definition) is 1. The number of ether oxygens (including phenoxy) is 3. The van der Waals surface area contributed by atoms with Crippen LogP contribution in [0.25, 0.3) is 0 Å². The second-order valence-corrected chi connectivity index (χ2v) is 11.3. The van der Waals surface area contributed by atoms with Crippen LogP contribution in [0.15, 0.2) is 18.2 Å². The summed E-state index contributed by atoms with van der Waals surface area (Å²) in [7, 11) is 1.75. The SMILES string of the molecule is CN(CC(C)(C)COCC(C)(C)COCCc1cc(N)cc(Cl)c1)C(=O)OC(C)(C)C. The third-order valence-corrected chi connectivity index (χ3v) is 4.58. The predicted octanol–water partition coefficient (Wildman–Crippen LogP) is 5.42. The van der Waals surface area contributed by atoms with Crippen molar-refractivity contribution in [1.29, 1.82) is 0 Å². The zero-order valence-electron chi connectivity index (χ0n) is 20.5. The lowest BCUT2D eigenvalue weighted by atomic mass is 9.93. The maximum Gasteiger partial charge on any atom is 0.410 e. The van der Waals surface area contributed by atoms with Crippen LogP contribution in [0.1, 0.15) is 54.0 Å². The van der Waals surface area contributed by atoms with E-state index in [1.807, 2.05) is 32.9 Å². The molecule has 178 valence electrons. The summed E-state index contributed by atoms with van der Waals surface area (Å²) in [6.45, 7) is 16.8. The van der Waals surface area contributed by atoms with Gasteiger partial charge in [-0.3, -0.25) is 0 Å². The first kappa shape index (κ1) is 27.5. The molecule has 1 aromatic carbocycles. The molecule has 1 rings (SSSR count). The highest BCUT2D eigenvalue weighted by molar-refractivity contribution is 6.30. The van der Waals surface area contributed by atoms with Gasteiger partial charge in [0.1, 0.15) is 5.60 Å². The van der Waals surface area contributed by atoms with Crippen molar-refractivity contribution in [2.75, 3.05) is 45.8 Å². The molecule has 0 aliphatic carbocycles. The van der Waals surface area contributed by atoms with Crippen LogP contribution < -0.4 is 5.73 Å². The lowest BCUT2D eigenvalue weighted by Crippen LogP contribution is -2.41. The molecule has 0 aliphatic rings. The predicted molar refractivity (Wildman–Crippen MR) is 128 cm³/mol. The van der Waals surface area contributed by atoms with E-state index in [0.717, 1.165) is 12.0 Å². The second-order valence-electron chi connectivity index (χ2n) is 10.9. The number of amides is 1. The Hall–Kier alpha value is -1.50. The molecule has 2 N–H and O–H groups in total. The molecule has 6 nitrogen and oxygen atoms in total. The largest absolute Gasteiger partial charge is 0.444 e. The number of hydrogen-bond acceptors (Lipinski definition) is 5. The molecule has 0 heterocycles. The van der Waals surface area contributed by atoms with E-state index >= 15 is 0 Å². The topological polar surface area (TPSA) is 74.0 Å². The first-order valence-electron chi connectivity index (χ1n) is 10.7. The van der Waals surface area contributed by atoms with E-state index in [-0.39, 0.29) is 16.9 Å². The van der Waals surface area contributed by atoms with Gasteiger partial charge < -0.3 is 24.8 Å². The quantitative estimate of drug-likeness (QED) is 0.355. The van der Waals surface area contributed by atoms with Gasteiger partial charge in [-0.05, 0) is 51.0 Å². The van der Waals surface area contributed by atoms with Crippen molar-refractivity contribution < 1.29 is 19.0 Å². The van der Waals surface area contributed by atoms with Gasteiger partial charge in [-0.2, -0.15) is 0 Å². The summed E-state index contributed by atoms with van der Waals surface area (Å²) in [5, 5.41) is 0.642. The molecule has 0 aromatic heterocycles. The molecule has 0 atom stereocenters. The van der Waals surface area contributed by atoms with E-state index in [1.54, 1.807) is 18.0 Å². The van der Waals surface area contributed by atoms with Crippen LogP contribution in [-0.4, -0.2) is 56.6 Å². The summed E-state index contributed by atoms with van der Waals surface area (Å²) in [5.74, 6) is 0. The molecule has 1 amide bonds. The van der Waals surface area contributed by atoms with E-state index in [1.165, 1.54) is 0 Å². The van der Waals surface area contributed by atoms with E-state index in [0.29, 0.717) is 43.7 Å². The van der Waals surface area contributed by atoms with Crippen molar-refractivity contribution in [3.05, 3.63) is 28.8 Å². The first-order valence-corrected chi connectivity index (χ1v) is 11.1. The summed E-state index contributed by atoms with van der Waals surface area (Å²) in [6, 6.07) is 5.56. The van der Waals surface area contributed by atoms with Gasteiger partial charge in [0.2, 0.25) is 0 Å². The Bertz CT molecular complexity index is 694. The van der Waals surface area contributed by atoms with E-state index in [2.05, 4.69) is 27.7 Å².